The van der Waals surface area contributed by atoms with Crippen LogP contribution in [0.25, 0.3) is 39.4 Å². The number of fused-ring (bicyclic) bond motifs is 1. The second-order valence-electron chi connectivity index (χ2n) is 9.63. The van der Waals surface area contributed by atoms with Gasteiger partial charge in [-0.05, 0) is 30.9 Å². The molecule has 1 saturated carbocycles. The fraction of sp³-hybridized carbons (Fsp3) is 0.172. The first-order valence-corrected chi connectivity index (χ1v) is 11.5. The molecule has 2 heterocycles. The zero-order chi connectivity index (χ0) is 23.3. The van der Waals surface area contributed by atoms with Crippen LogP contribution in [0, 0.1) is 0 Å². The van der Waals surface area contributed by atoms with Gasteiger partial charge in [-0.3, -0.25) is 4.40 Å². The summed E-state index contributed by atoms with van der Waals surface area (Å²) in [6.07, 6.45) is 5.13. The Balaban J connectivity index is 1.48. The van der Waals surface area contributed by atoms with Crippen molar-refractivity contribution in [2.75, 3.05) is 0 Å². The molecule has 0 atom stereocenters. The molecule has 168 valence electrons. The van der Waals surface area contributed by atoms with Crippen molar-refractivity contribution >= 4 is 5.78 Å². The van der Waals surface area contributed by atoms with E-state index in [2.05, 4.69) is 64.1 Å². The van der Waals surface area contributed by atoms with E-state index in [0.29, 0.717) is 18.6 Å². The minimum absolute atomic E-state index is 0.477. The van der Waals surface area contributed by atoms with Crippen molar-refractivity contribution in [1.29, 1.82) is 0 Å². The van der Waals surface area contributed by atoms with Crippen molar-refractivity contribution in [2.24, 2.45) is 5.73 Å². The largest absolute Gasteiger partial charge is 0.390 e. The van der Waals surface area contributed by atoms with Gasteiger partial charge >= 0.3 is 0 Å². The molecule has 5 heteroatoms. The summed E-state index contributed by atoms with van der Waals surface area (Å²) in [4.78, 5) is 9.61. The second kappa shape index (κ2) is 7.62. The summed E-state index contributed by atoms with van der Waals surface area (Å²) in [5.74, 6) is 0.656. The van der Waals surface area contributed by atoms with E-state index in [1.807, 2.05) is 49.5 Å². The van der Waals surface area contributed by atoms with E-state index in [1.165, 1.54) is 0 Å². The van der Waals surface area contributed by atoms with Crippen LogP contribution < -0.4 is 5.73 Å². The highest BCUT2D eigenvalue weighted by Crippen LogP contribution is 2.46. The van der Waals surface area contributed by atoms with Crippen molar-refractivity contribution in [2.45, 2.75) is 30.9 Å². The molecule has 0 saturated heterocycles. The number of hydrogen-bond acceptors (Lipinski definition) is 4. The van der Waals surface area contributed by atoms with Gasteiger partial charge in [0.15, 0.2) is 0 Å². The third-order valence-electron chi connectivity index (χ3n) is 6.78. The highest BCUT2D eigenvalue weighted by molar-refractivity contribution is 5.82. The van der Waals surface area contributed by atoms with Gasteiger partial charge in [0.25, 0.3) is 0 Å². The van der Waals surface area contributed by atoms with Crippen molar-refractivity contribution in [1.82, 2.24) is 14.4 Å². The molecule has 0 radical (unpaired) electrons. The number of nitrogens with zero attached hydrogens (tertiary/aromatic N) is 3. The maximum absolute atomic E-state index is 10.2. The van der Waals surface area contributed by atoms with Gasteiger partial charge in [0.05, 0.1) is 23.2 Å². The van der Waals surface area contributed by atoms with Gasteiger partial charge < -0.3 is 10.8 Å². The SMILES string of the molecule is CC1(O)CC(N)(c2ccc(-c3nc4ncc(-c5ccccc5)n4cc3-c3ccccc3)cc2)C1. The van der Waals surface area contributed by atoms with Crippen molar-refractivity contribution in [3.63, 3.8) is 0 Å². The standard InChI is InChI=1S/C29H26N4O/c1-28(34)18-29(30,19-28)23-14-12-22(13-15-23)26-24(20-8-4-2-5-9-20)17-33-25(16-31-27(33)32-26)21-10-6-3-7-11-21/h2-17,34H,18-19,30H2,1H3. The predicted molar refractivity (Wildman–Crippen MR) is 135 cm³/mol. The zero-order valence-electron chi connectivity index (χ0n) is 19.0. The van der Waals surface area contributed by atoms with E-state index >= 15 is 0 Å². The van der Waals surface area contributed by atoms with Crippen LogP contribution in [-0.4, -0.2) is 25.1 Å². The molecule has 1 aliphatic carbocycles. The Bertz CT molecular complexity index is 1460. The molecule has 0 bridgehead atoms. The number of nitrogens with two attached hydrogens (primary N) is 1. The Morgan fingerprint density at radius 3 is 2.06 bits per heavy atom. The first-order chi connectivity index (χ1) is 16.4. The summed E-state index contributed by atoms with van der Waals surface area (Å²) in [7, 11) is 0. The molecule has 3 N–H and O–H groups in total. The number of imidazole rings is 1. The molecule has 1 aliphatic rings. The summed E-state index contributed by atoms with van der Waals surface area (Å²) < 4.78 is 2.06. The molecule has 34 heavy (non-hydrogen) atoms. The van der Waals surface area contributed by atoms with Crippen molar-refractivity contribution in [3.05, 3.63) is 103 Å². The number of hydrogen-bond donors (Lipinski definition) is 2. The predicted octanol–water partition coefficient (Wildman–Crippen LogP) is 5.43. The molecule has 5 aromatic rings. The monoisotopic (exact) mass is 446 g/mol. The molecule has 0 spiro atoms. The van der Waals surface area contributed by atoms with Crippen LogP contribution in [-0.2, 0) is 5.54 Å². The number of aromatic nitrogens is 3. The number of aliphatic hydroxyl groups is 1. The van der Waals surface area contributed by atoms with Gasteiger partial charge in [-0.15, -0.1) is 0 Å². The Hall–Kier alpha value is -3.80. The lowest BCUT2D eigenvalue weighted by Gasteiger charge is -2.49. The first-order valence-electron chi connectivity index (χ1n) is 11.5. The molecular weight excluding hydrogens is 420 g/mol. The molecule has 1 fully saturated rings. The van der Waals surface area contributed by atoms with Crippen LogP contribution in [0.4, 0.5) is 0 Å². The van der Waals surface area contributed by atoms with Gasteiger partial charge in [0.1, 0.15) is 0 Å². The van der Waals surface area contributed by atoms with Gasteiger partial charge in [-0.1, -0.05) is 84.9 Å². The summed E-state index contributed by atoms with van der Waals surface area (Å²) in [6, 6.07) is 28.8. The number of rotatable bonds is 4. The molecule has 0 unspecified atom stereocenters. The summed E-state index contributed by atoms with van der Waals surface area (Å²) in [5, 5.41) is 10.2. The van der Waals surface area contributed by atoms with E-state index in [1.54, 1.807) is 0 Å². The van der Waals surface area contributed by atoms with E-state index in [-0.39, 0.29) is 0 Å². The zero-order valence-corrected chi connectivity index (χ0v) is 19.0. The van der Waals surface area contributed by atoms with E-state index in [0.717, 1.165) is 39.2 Å². The van der Waals surface area contributed by atoms with Gasteiger partial charge in [-0.25, -0.2) is 9.97 Å². The normalized spacial score (nSPS) is 22.0. The Morgan fingerprint density at radius 1 is 0.824 bits per heavy atom. The lowest BCUT2D eigenvalue weighted by atomic mass is 9.63. The lowest BCUT2D eigenvalue weighted by Crippen LogP contribution is -2.58. The highest BCUT2D eigenvalue weighted by atomic mass is 16.3. The van der Waals surface area contributed by atoms with Gasteiger partial charge in [-0.2, -0.15) is 0 Å². The fourth-order valence-electron chi connectivity index (χ4n) is 5.25. The lowest BCUT2D eigenvalue weighted by molar-refractivity contribution is -0.0738. The second-order valence-corrected chi connectivity index (χ2v) is 9.63. The fourth-order valence-corrected chi connectivity index (χ4v) is 5.25. The first kappa shape index (κ1) is 20.8. The van der Waals surface area contributed by atoms with Gasteiger partial charge in [0, 0.05) is 28.4 Å². The molecule has 0 aliphatic heterocycles. The summed E-state index contributed by atoms with van der Waals surface area (Å²) in [5.41, 5.74) is 12.5. The molecule has 5 nitrogen and oxygen atoms in total. The van der Waals surface area contributed by atoms with Crippen LogP contribution in [0.15, 0.2) is 97.3 Å². The molecular formula is C29H26N4O. The average Bonchev–Trinajstić information content (AvgIpc) is 3.26. The summed E-state index contributed by atoms with van der Waals surface area (Å²) >= 11 is 0. The van der Waals surface area contributed by atoms with Gasteiger partial charge in [0.2, 0.25) is 5.78 Å². The Kier molecular flexibility index (Phi) is 4.66. The van der Waals surface area contributed by atoms with Crippen LogP contribution in [0.2, 0.25) is 0 Å². The van der Waals surface area contributed by atoms with Crippen molar-refractivity contribution in [3.8, 4) is 33.6 Å². The minimum atomic E-state index is -0.683. The number of benzene rings is 3. The maximum Gasteiger partial charge on any atom is 0.234 e. The van der Waals surface area contributed by atoms with Crippen molar-refractivity contribution < 1.29 is 5.11 Å². The topological polar surface area (TPSA) is 76.4 Å². The Morgan fingerprint density at radius 2 is 1.44 bits per heavy atom. The van der Waals surface area contributed by atoms with E-state index in [9.17, 15) is 5.11 Å². The van der Waals surface area contributed by atoms with E-state index in [4.69, 9.17) is 10.7 Å². The van der Waals surface area contributed by atoms with Crippen LogP contribution >= 0.6 is 0 Å². The third kappa shape index (κ3) is 3.50. The smallest absolute Gasteiger partial charge is 0.234 e. The quantitative estimate of drug-likeness (QED) is 0.386. The maximum atomic E-state index is 10.2. The highest BCUT2D eigenvalue weighted by Gasteiger charge is 2.49. The molecule has 6 rings (SSSR count). The minimum Gasteiger partial charge on any atom is -0.390 e. The van der Waals surface area contributed by atoms with Crippen LogP contribution in [0.5, 0.6) is 0 Å². The van der Waals surface area contributed by atoms with Crippen LogP contribution in [0.3, 0.4) is 0 Å². The average molecular weight is 447 g/mol. The Labute approximate surface area is 198 Å². The van der Waals surface area contributed by atoms with Crippen LogP contribution in [0.1, 0.15) is 25.3 Å². The summed E-state index contributed by atoms with van der Waals surface area (Å²) in [6.45, 7) is 1.84. The molecule has 2 aromatic heterocycles. The van der Waals surface area contributed by atoms with E-state index < -0.39 is 11.1 Å². The third-order valence-corrected chi connectivity index (χ3v) is 6.78. The molecule has 3 aromatic carbocycles. The molecule has 0 amide bonds.